The highest BCUT2D eigenvalue weighted by molar-refractivity contribution is 6.07. The largest absolute Gasteiger partial charge is 0.508 e. The molecule has 1 aromatic heterocycles. The van der Waals surface area contributed by atoms with Crippen LogP contribution in [0.15, 0.2) is 54.9 Å². The van der Waals surface area contributed by atoms with Gasteiger partial charge in [-0.25, -0.2) is 0 Å². The van der Waals surface area contributed by atoms with Crippen molar-refractivity contribution in [3.05, 3.63) is 71.5 Å². The summed E-state index contributed by atoms with van der Waals surface area (Å²) < 4.78 is 0. The zero-order chi connectivity index (χ0) is 17.4. The Bertz CT molecular complexity index is 934. The summed E-state index contributed by atoms with van der Waals surface area (Å²) >= 11 is 0. The number of phenols is 1. The molecule has 0 radical (unpaired) electrons. The van der Waals surface area contributed by atoms with Crippen LogP contribution in [0, 0.1) is 6.92 Å². The summed E-state index contributed by atoms with van der Waals surface area (Å²) in [4.78, 5) is 19.2. The van der Waals surface area contributed by atoms with Crippen LogP contribution in [0.5, 0.6) is 5.75 Å². The number of nitrogens with zero attached hydrogens (tertiary/aromatic N) is 2. The smallest absolute Gasteiger partial charge is 0.254 e. The third-order valence-electron chi connectivity index (χ3n) is 4.97. The second-order valence-electron chi connectivity index (χ2n) is 6.74. The van der Waals surface area contributed by atoms with Crippen LogP contribution in [-0.2, 0) is 0 Å². The predicted octanol–water partition coefficient (Wildman–Crippen LogP) is 3.88. The maximum absolute atomic E-state index is 13.1. The molecule has 1 unspecified atom stereocenters. The number of hydrogen-bond donors (Lipinski definition) is 1. The molecule has 4 nitrogen and oxygen atoms in total. The molecule has 2 aromatic carbocycles. The number of phenolic OH excluding ortho intramolecular Hbond substituents is 1. The summed E-state index contributed by atoms with van der Waals surface area (Å²) in [6.07, 6.45) is 4.47. The summed E-state index contributed by atoms with van der Waals surface area (Å²) in [5, 5.41) is 11.4. The number of likely N-dealkylation sites (tertiary alicyclic amines) is 1. The molecule has 1 aliphatic rings. The highest BCUT2D eigenvalue weighted by Crippen LogP contribution is 2.30. The lowest BCUT2D eigenvalue weighted by Crippen LogP contribution is -2.28. The van der Waals surface area contributed by atoms with E-state index in [1.807, 2.05) is 36.1 Å². The van der Waals surface area contributed by atoms with E-state index in [4.69, 9.17) is 0 Å². The first-order valence-corrected chi connectivity index (χ1v) is 8.54. The number of carbonyl (C=O) groups is 1. The van der Waals surface area contributed by atoms with Crippen LogP contribution in [0.25, 0.3) is 10.8 Å². The molecule has 0 saturated carbocycles. The molecule has 1 aliphatic heterocycles. The van der Waals surface area contributed by atoms with Crippen molar-refractivity contribution >= 4 is 16.7 Å². The number of aryl methyl sites for hydroxylation is 1. The highest BCUT2D eigenvalue weighted by atomic mass is 16.3. The van der Waals surface area contributed by atoms with Gasteiger partial charge in [-0.05, 0) is 54.1 Å². The Morgan fingerprint density at radius 3 is 2.80 bits per heavy atom. The normalized spacial score (nSPS) is 17.2. The van der Waals surface area contributed by atoms with Gasteiger partial charge in [-0.2, -0.15) is 0 Å². The van der Waals surface area contributed by atoms with Crippen LogP contribution in [0.4, 0.5) is 0 Å². The van der Waals surface area contributed by atoms with E-state index in [9.17, 15) is 9.90 Å². The van der Waals surface area contributed by atoms with E-state index in [2.05, 4.69) is 11.1 Å². The number of hydrogen-bond acceptors (Lipinski definition) is 3. The van der Waals surface area contributed by atoms with Crippen molar-refractivity contribution in [2.75, 3.05) is 13.1 Å². The van der Waals surface area contributed by atoms with E-state index in [0.29, 0.717) is 12.5 Å². The molecular formula is C21H20N2O2. The average molecular weight is 332 g/mol. The number of benzene rings is 2. The van der Waals surface area contributed by atoms with Crippen LogP contribution < -0.4 is 0 Å². The van der Waals surface area contributed by atoms with Gasteiger partial charge in [-0.15, -0.1) is 0 Å². The van der Waals surface area contributed by atoms with Crippen molar-refractivity contribution < 1.29 is 9.90 Å². The van der Waals surface area contributed by atoms with E-state index in [1.54, 1.807) is 24.5 Å². The summed E-state index contributed by atoms with van der Waals surface area (Å²) in [6, 6.07) is 13.3. The minimum Gasteiger partial charge on any atom is -0.508 e. The number of fused-ring (bicyclic) bond motifs is 1. The Balaban J connectivity index is 1.61. The molecule has 0 aliphatic carbocycles. The third-order valence-corrected chi connectivity index (χ3v) is 4.97. The molecule has 1 fully saturated rings. The predicted molar refractivity (Wildman–Crippen MR) is 97.8 cm³/mol. The van der Waals surface area contributed by atoms with Crippen molar-refractivity contribution in [3.63, 3.8) is 0 Å². The highest BCUT2D eigenvalue weighted by Gasteiger charge is 2.28. The van der Waals surface area contributed by atoms with Crippen molar-refractivity contribution in [1.82, 2.24) is 9.88 Å². The fourth-order valence-electron chi connectivity index (χ4n) is 3.66. The third kappa shape index (κ3) is 2.95. The van der Waals surface area contributed by atoms with Crippen molar-refractivity contribution in [1.29, 1.82) is 0 Å². The molecule has 126 valence electrons. The average Bonchev–Trinajstić information content (AvgIpc) is 3.11. The molecule has 4 rings (SSSR count). The summed E-state index contributed by atoms with van der Waals surface area (Å²) in [7, 11) is 0. The van der Waals surface area contributed by atoms with Gasteiger partial charge in [0.25, 0.3) is 5.91 Å². The molecule has 4 heteroatoms. The van der Waals surface area contributed by atoms with Gasteiger partial charge in [0.05, 0.1) is 0 Å². The summed E-state index contributed by atoms with van der Waals surface area (Å²) in [5.74, 6) is 0.662. The quantitative estimate of drug-likeness (QED) is 0.775. The van der Waals surface area contributed by atoms with Crippen molar-refractivity contribution in [2.24, 2.45) is 0 Å². The number of aromatic hydroxyl groups is 1. The van der Waals surface area contributed by atoms with E-state index in [1.165, 1.54) is 5.56 Å². The van der Waals surface area contributed by atoms with Crippen LogP contribution in [0.1, 0.15) is 33.8 Å². The van der Waals surface area contributed by atoms with Gasteiger partial charge in [0.15, 0.2) is 0 Å². The molecule has 25 heavy (non-hydrogen) atoms. The minimum atomic E-state index is 0.0722. The van der Waals surface area contributed by atoms with Crippen LogP contribution in [-0.4, -0.2) is 34.0 Å². The monoisotopic (exact) mass is 332 g/mol. The van der Waals surface area contributed by atoms with E-state index >= 15 is 0 Å². The van der Waals surface area contributed by atoms with Gasteiger partial charge in [-0.3, -0.25) is 9.78 Å². The summed E-state index contributed by atoms with van der Waals surface area (Å²) in [6.45, 7) is 3.47. The fraction of sp³-hybridized carbons (Fsp3) is 0.238. The fourth-order valence-corrected chi connectivity index (χ4v) is 3.66. The number of aromatic nitrogens is 1. The van der Waals surface area contributed by atoms with Gasteiger partial charge in [0, 0.05) is 42.4 Å². The number of carbonyl (C=O) groups excluding carboxylic acids is 1. The SMILES string of the molecule is Cc1cc(C(=O)N2CCC(c3ccc(O)cc3)C2)c2cnccc2c1. The number of pyridine rings is 1. The van der Waals surface area contributed by atoms with Gasteiger partial charge in [-0.1, -0.05) is 18.2 Å². The molecule has 1 saturated heterocycles. The van der Waals surface area contributed by atoms with E-state index < -0.39 is 0 Å². The van der Waals surface area contributed by atoms with Gasteiger partial charge in [0.2, 0.25) is 0 Å². The summed E-state index contributed by atoms with van der Waals surface area (Å²) in [5.41, 5.74) is 2.98. The Hall–Kier alpha value is -2.88. The van der Waals surface area contributed by atoms with Crippen molar-refractivity contribution in [2.45, 2.75) is 19.3 Å². The maximum Gasteiger partial charge on any atom is 0.254 e. The maximum atomic E-state index is 13.1. The lowest BCUT2D eigenvalue weighted by Gasteiger charge is -2.18. The molecule has 1 N–H and O–H groups in total. The molecular weight excluding hydrogens is 312 g/mol. The Morgan fingerprint density at radius 1 is 1.20 bits per heavy atom. The first-order valence-electron chi connectivity index (χ1n) is 8.54. The zero-order valence-electron chi connectivity index (χ0n) is 14.1. The van der Waals surface area contributed by atoms with E-state index in [0.717, 1.165) is 34.9 Å². The number of amides is 1. The minimum absolute atomic E-state index is 0.0722. The van der Waals surface area contributed by atoms with Gasteiger partial charge < -0.3 is 10.0 Å². The van der Waals surface area contributed by atoms with Crippen LogP contribution >= 0.6 is 0 Å². The molecule has 3 aromatic rings. The Kier molecular flexibility index (Phi) is 3.88. The lowest BCUT2D eigenvalue weighted by molar-refractivity contribution is 0.0792. The lowest BCUT2D eigenvalue weighted by atomic mass is 9.98. The first kappa shape index (κ1) is 15.6. The molecule has 2 heterocycles. The van der Waals surface area contributed by atoms with E-state index in [-0.39, 0.29) is 11.7 Å². The Morgan fingerprint density at radius 2 is 2.00 bits per heavy atom. The number of rotatable bonds is 2. The molecule has 0 bridgehead atoms. The molecule has 0 spiro atoms. The second kappa shape index (κ2) is 6.20. The van der Waals surface area contributed by atoms with Crippen molar-refractivity contribution in [3.8, 4) is 5.75 Å². The standard InChI is InChI=1S/C21H20N2O2/c1-14-10-16-6-8-22-12-20(16)19(11-14)21(25)23-9-7-17(13-23)15-2-4-18(24)5-3-15/h2-6,8,10-12,17,24H,7,9,13H2,1H3. The molecule has 1 amide bonds. The van der Waals surface area contributed by atoms with Gasteiger partial charge >= 0.3 is 0 Å². The van der Waals surface area contributed by atoms with Crippen LogP contribution in [0.2, 0.25) is 0 Å². The first-order chi connectivity index (χ1) is 12.1. The zero-order valence-corrected chi connectivity index (χ0v) is 14.1. The Labute approximate surface area is 146 Å². The van der Waals surface area contributed by atoms with Gasteiger partial charge in [0.1, 0.15) is 5.75 Å². The second-order valence-corrected chi connectivity index (χ2v) is 6.74. The van der Waals surface area contributed by atoms with Crippen LogP contribution in [0.3, 0.4) is 0 Å². The molecule has 1 atom stereocenters. The topological polar surface area (TPSA) is 53.4 Å².